The first-order chi connectivity index (χ1) is 6.97. The van der Waals surface area contributed by atoms with E-state index in [1.807, 2.05) is 37.3 Å². The Labute approximate surface area is 91.6 Å². The molecular formula is C11H17NO2S. The van der Waals surface area contributed by atoms with Gasteiger partial charge in [-0.25, -0.2) is 13.1 Å². The third-order valence-corrected chi connectivity index (χ3v) is 2.95. The highest BCUT2D eigenvalue weighted by Crippen LogP contribution is 2.04. The molecule has 3 nitrogen and oxygen atoms in total. The molecule has 1 atom stereocenters. The molecule has 0 amide bonds. The molecule has 0 aromatic heterocycles. The zero-order valence-electron chi connectivity index (χ0n) is 9.10. The highest BCUT2D eigenvalue weighted by molar-refractivity contribution is 7.88. The van der Waals surface area contributed by atoms with E-state index in [4.69, 9.17) is 0 Å². The van der Waals surface area contributed by atoms with Crippen LogP contribution < -0.4 is 4.72 Å². The number of aryl methyl sites for hydroxylation is 1. The molecule has 4 heteroatoms. The lowest BCUT2D eigenvalue weighted by atomic mass is 10.1. The molecule has 0 spiro atoms. The Hall–Kier alpha value is -0.870. The Morgan fingerprint density at radius 1 is 1.27 bits per heavy atom. The molecule has 84 valence electrons. The maximum Gasteiger partial charge on any atom is 0.208 e. The summed E-state index contributed by atoms with van der Waals surface area (Å²) in [5, 5.41) is 0. The quantitative estimate of drug-likeness (QED) is 0.829. The fourth-order valence-electron chi connectivity index (χ4n) is 1.45. The van der Waals surface area contributed by atoms with Crippen LogP contribution in [0.3, 0.4) is 0 Å². The van der Waals surface area contributed by atoms with Crippen molar-refractivity contribution in [3.63, 3.8) is 0 Å². The predicted octanol–water partition coefficient (Wildman–Crippen LogP) is 1.56. The fourth-order valence-corrected chi connectivity index (χ4v) is 2.30. The summed E-state index contributed by atoms with van der Waals surface area (Å²) in [5.74, 6) is 0. The second kappa shape index (κ2) is 5.28. The van der Waals surface area contributed by atoms with Crippen molar-refractivity contribution in [3.8, 4) is 0 Å². The van der Waals surface area contributed by atoms with Crippen molar-refractivity contribution in [2.24, 2.45) is 0 Å². The van der Waals surface area contributed by atoms with Crippen LogP contribution in [0.25, 0.3) is 0 Å². The summed E-state index contributed by atoms with van der Waals surface area (Å²) in [6, 6.07) is 10.0. The second-order valence-corrected chi connectivity index (χ2v) is 5.60. The van der Waals surface area contributed by atoms with Gasteiger partial charge in [-0.1, -0.05) is 30.3 Å². The molecule has 15 heavy (non-hydrogen) atoms. The Balaban J connectivity index is 2.38. The minimum Gasteiger partial charge on any atom is -0.213 e. The van der Waals surface area contributed by atoms with E-state index < -0.39 is 10.0 Å². The van der Waals surface area contributed by atoms with E-state index in [9.17, 15) is 8.42 Å². The van der Waals surface area contributed by atoms with Crippen LogP contribution in [0.5, 0.6) is 0 Å². The molecule has 1 N–H and O–H groups in total. The molecule has 0 aliphatic rings. The fraction of sp³-hybridized carbons (Fsp3) is 0.455. The van der Waals surface area contributed by atoms with Gasteiger partial charge in [0.2, 0.25) is 10.0 Å². The van der Waals surface area contributed by atoms with Crippen molar-refractivity contribution in [2.75, 3.05) is 6.26 Å². The summed E-state index contributed by atoms with van der Waals surface area (Å²) in [4.78, 5) is 0. The number of nitrogens with one attached hydrogen (secondary N) is 1. The van der Waals surface area contributed by atoms with Crippen LogP contribution in [0.15, 0.2) is 30.3 Å². The summed E-state index contributed by atoms with van der Waals surface area (Å²) < 4.78 is 24.4. The van der Waals surface area contributed by atoms with Gasteiger partial charge in [-0.2, -0.15) is 0 Å². The number of sulfonamides is 1. The smallest absolute Gasteiger partial charge is 0.208 e. The van der Waals surface area contributed by atoms with E-state index >= 15 is 0 Å². The van der Waals surface area contributed by atoms with Crippen LogP contribution in [0, 0.1) is 0 Å². The molecule has 1 rings (SSSR count). The van der Waals surface area contributed by atoms with E-state index in [2.05, 4.69) is 4.72 Å². The first-order valence-electron chi connectivity index (χ1n) is 4.98. The van der Waals surface area contributed by atoms with Crippen molar-refractivity contribution < 1.29 is 8.42 Å². The maximum atomic E-state index is 10.9. The minimum absolute atomic E-state index is 0.0137. The highest BCUT2D eigenvalue weighted by Gasteiger charge is 2.07. The zero-order valence-corrected chi connectivity index (χ0v) is 9.92. The van der Waals surface area contributed by atoms with Crippen LogP contribution in [0.1, 0.15) is 18.9 Å². The van der Waals surface area contributed by atoms with Crippen LogP contribution in [0.4, 0.5) is 0 Å². The average Bonchev–Trinajstić information content (AvgIpc) is 2.14. The second-order valence-electron chi connectivity index (χ2n) is 3.82. The first-order valence-corrected chi connectivity index (χ1v) is 6.88. The van der Waals surface area contributed by atoms with Gasteiger partial charge in [-0.15, -0.1) is 0 Å². The van der Waals surface area contributed by atoms with Gasteiger partial charge < -0.3 is 0 Å². The summed E-state index contributed by atoms with van der Waals surface area (Å²) >= 11 is 0. The van der Waals surface area contributed by atoms with E-state index in [0.717, 1.165) is 12.8 Å². The molecule has 0 heterocycles. The van der Waals surface area contributed by atoms with E-state index in [1.165, 1.54) is 11.8 Å². The molecule has 0 unspecified atom stereocenters. The topological polar surface area (TPSA) is 46.2 Å². The van der Waals surface area contributed by atoms with Crippen molar-refractivity contribution >= 4 is 10.0 Å². The lowest BCUT2D eigenvalue weighted by molar-refractivity contribution is 0.552. The van der Waals surface area contributed by atoms with Gasteiger partial charge in [0.15, 0.2) is 0 Å². The van der Waals surface area contributed by atoms with Gasteiger partial charge in [0.1, 0.15) is 0 Å². The normalized spacial score (nSPS) is 13.7. The Kier molecular flexibility index (Phi) is 4.29. The van der Waals surface area contributed by atoms with Crippen LogP contribution in [0.2, 0.25) is 0 Å². The number of rotatable bonds is 5. The third kappa shape index (κ3) is 5.54. The van der Waals surface area contributed by atoms with Crippen molar-refractivity contribution in [2.45, 2.75) is 25.8 Å². The molecule has 0 aliphatic carbocycles. The van der Waals surface area contributed by atoms with E-state index in [0.29, 0.717) is 0 Å². The summed E-state index contributed by atoms with van der Waals surface area (Å²) in [6.07, 6.45) is 2.90. The van der Waals surface area contributed by atoms with Gasteiger partial charge in [0, 0.05) is 6.04 Å². The third-order valence-electron chi connectivity index (χ3n) is 2.12. The summed E-state index contributed by atoms with van der Waals surface area (Å²) in [5.41, 5.74) is 1.24. The molecule has 0 saturated carbocycles. The first kappa shape index (κ1) is 12.2. The predicted molar refractivity (Wildman–Crippen MR) is 62.2 cm³/mol. The lowest BCUT2D eigenvalue weighted by Crippen LogP contribution is -2.31. The monoisotopic (exact) mass is 227 g/mol. The van der Waals surface area contributed by atoms with Crippen molar-refractivity contribution in [1.82, 2.24) is 4.72 Å². The summed E-state index contributed by atoms with van der Waals surface area (Å²) in [7, 11) is -3.08. The van der Waals surface area contributed by atoms with Gasteiger partial charge in [-0.05, 0) is 25.3 Å². The summed E-state index contributed by atoms with van der Waals surface area (Å²) in [6.45, 7) is 1.88. The lowest BCUT2D eigenvalue weighted by Gasteiger charge is -2.11. The Morgan fingerprint density at radius 3 is 2.40 bits per heavy atom. The van der Waals surface area contributed by atoms with Crippen molar-refractivity contribution in [1.29, 1.82) is 0 Å². The molecule has 0 bridgehead atoms. The molecule has 0 aliphatic heterocycles. The molecule has 0 saturated heterocycles. The largest absolute Gasteiger partial charge is 0.213 e. The Morgan fingerprint density at radius 2 is 1.87 bits per heavy atom. The maximum absolute atomic E-state index is 10.9. The van der Waals surface area contributed by atoms with Crippen LogP contribution in [-0.4, -0.2) is 20.7 Å². The highest BCUT2D eigenvalue weighted by atomic mass is 32.2. The van der Waals surface area contributed by atoms with Gasteiger partial charge >= 0.3 is 0 Å². The molecule has 1 aromatic carbocycles. The molecule has 0 fully saturated rings. The Bertz CT molecular complexity index is 386. The minimum atomic E-state index is -3.08. The van der Waals surface area contributed by atoms with Gasteiger partial charge in [0.25, 0.3) is 0 Å². The van der Waals surface area contributed by atoms with E-state index in [-0.39, 0.29) is 6.04 Å². The number of hydrogen-bond donors (Lipinski definition) is 1. The number of hydrogen-bond acceptors (Lipinski definition) is 2. The number of benzene rings is 1. The van der Waals surface area contributed by atoms with Gasteiger partial charge in [0.05, 0.1) is 6.26 Å². The van der Waals surface area contributed by atoms with Crippen LogP contribution in [-0.2, 0) is 16.4 Å². The van der Waals surface area contributed by atoms with Crippen LogP contribution >= 0.6 is 0 Å². The average molecular weight is 227 g/mol. The zero-order chi connectivity index (χ0) is 11.3. The molecule has 1 aromatic rings. The van der Waals surface area contributed by atoms with Crippen molar-refractivity contribution in [3.05, 3.63) is 35.9 Å². The van der Waals surface area contributed by atoms with Gasteiger partial charge in [-0.3, -0.25) is 0 Å². The molecular weight excluding hydrogens is 210 g/mol. The van der Waals surface area contributed by atoms with E-state index in [1.54, 1.807) is 0 Å². The standard InChI is InChI=1S/C11H17NO2S/c1-10(12-15(2,13)14)8-9-11-6-4-3-5-7-11/h3-7,10,12H,8-9H2,1-2H3/t10-/m0/s1. The molecule has 0 radical (unpaired) electrons. The SMILES string of the molecule is C[C@@H](CCc1ccccc1)NS(C)(=O)=O.